The van der Waals surface area contributed by atoms with Gasteiger partial charge in [-0.25, -0.2) is 19.1 Å². The van der Waals surface area contributed by atoms with Crippen LogP contribution in [0.1, 0.15) is 67.1 Å². The molecule has 8 heteroatoms. The number of likely N-dealkylation sites (tertiary alicyclic amines) is 1. The van der Waals surface area contributed by atoms with Crippen LogP contribution < -0.4 is 0 Å². The van der Waals surface area contributed by atoms with Crippen molar-refractivity contribution in [3.05, 3.63) is 40.8 Å². The van der Waals surface area contributed by atoms with E-state index in [-0.39, 0.29) is 0 Å². The number of carbonyl (C=O) groups excluding carboxylic acids is 2. The van der Waals surface area contributed by atoms with Crippen LogP contribution in [0.4, 0.5) is 9.59 Å². The second kappa shape index (κ2) is 8.54. The highest BCUT2D eigenvalue weighted by atomic mass is 79.9. The van der Waals surface area contributed by atoms with E-state index >= 15 is 0 Å². The number of imidazole rings is 1. The molecule has 1 aromatic carbocycles. The van der Waals surface area contributed by atoms with E-state index in [1.807, 2.05) is 72.7 Å². The summed E-state index contributed by atoms with van der Waals surface area (Å²) < 4.78 is 13.8. The number of ether oxygens (including phenoxy) is 2. The minimum absolute atomic E-state index is 0.415. The van der Waals surface area contributed by atoms with Crippen molar-refractivity contribution in [3.8, 4) is 11.3 Å². The molecule has 3 rings (SSSR count). The summed E-state index contributed by atoms with van der Waals surface area (Å²) in [6, 6.07) is 7.64. The molecule has 32 heavy (non-hydrogen) atoms. The summed E-state index contributed by atoms with van der Waals surface area (Å²) in [7, 11) is 0. The summed E-state index contributed by atoms with van der Waals surface area (Å²) in [5, 5.41) is 0. The average molecular weight is 506 g/mol. The molecule has 0 spiro atoms. The van der Waals surface area contributed by atoms with Gasteiger partial charge in [0.05, 0.1) is 11.9 Å². The molecule has 1 aliphatic heterocycles. The Labute approximate surface area is 198 Å². The molecule has 1 fully saturated rings. The fourth-order valence-electron chi connectivity index (χ4n) is 3.85. The predicted octanol–water partition coefficient (Wildman–Crippen LogP) is 6.34. The fourth-order valence-corrected chi connectivity index (χ4v) is 4.12. The van der Waals surface area contributed by atoms with Gasteiger partial charge in [0.25, 0.3) is 0 Å². The normalized spacial score (nSPS) is 19.2. The van der Waals surface area contributed by atoms with E-state index in [9.17, 15) is 9.59 Å². The molecule has 2 aromatic rings. The van der Waals surface area contributed by atoms with Gasteiger partial charge in [0.1, 0.15) is 22.6 Å². The zero-order chi connectivity index (χ0) is 23.9. The number of nitrogens with zero attached hydrogens (tertiary/aromatic N) is 3. The highest BCUT2D eigenvalue weighted by Crippen LogP contribution is 2.40. The third kappa shape index (κ3) is 5.17. The van der Waals surface area contributed by atoms with E-state index in [1.165, 1.54) is 4.57 Å². The Balaban J connectivity index is 2.11. The highest BCUT2D eigenvalue weighted by molar-refractivity contribution is 9.10. The first-order valence-electron chi connectivity index (χ1n) is 10.8. The minimum Gasteiger partial charge on any atom is -0.444 e. The average Bonchev–Trinajstić information content (AvgIpc) is 3.24. The van der Waals surface area contributed by atoms with Gasteiger partial charge in [0.15, 0.2) is 0 Å². The number of aromatic nitrogens is 2. The first-order chi connectivity index (χ1) is 14.7. The smallest absolute Gasteiger partial charge is 0.420 e. The van der Waals surface area contributed by atoms with Gasteiger partial charge in [0, 0.05) is 16.6 Å². The second-order valence-electron chi connectivity index (χ2n) is 10.3. The Kier molecular flexibility index (Phi) is 6.48. The Morgan fingerprint density at radius 2 is 1.56 bits per heavy atom. The van der Waals surface area contributed by atoms with E-state index in [1.54, 1.807) is 11.1 Å². The van der Waals surface area contributed by atoms with Crippen LogP contribution in [0.25, 0.3) is 11.3 Å². The topological polar surface area (TPSA) is 73.7 Å². The number of benzene rings is 1. The molecule has 0 aliphatic carbocycles. The molecule has 1 atom stereocenters. The zero-order valence-corrected chi connectivity index (χ0v) is 21.4. The summed E-state index contributed by atoms with van der Waals surface area (Å²) >= 11 is 3.45. The van der Waals surface area contributed by atoms with E-state index in [4.69, 9.17) is 9.47 Å². The molecule has 1 saturated heterocycles. The summed E-state index contributed by atoms with van der Waals surface area (Å²) in [5.74, 6) is 0.466. The third-order valence-corrected chi connectivity index (χ3v) is 5.74. The molecule has 0 bridgehead atoms. The quantitative estimate of drug-likeness (QED) is 0.475. The predicted molar refractivity (Wildman–Crippen MR) is 127 cm³/mol. The van der Waals surface area contributed by atoms with E-state index < -0.39 is 28.9 Å². The van der Waals surface area contributed by atoms with Crippen LogP contribution in [-0.4, -0.2) is 44.4 Å². The third-order valence-electron chi connectivity index (χ3n) is 5.21. The number of amides is 1. The fraction of sp³-hybridized carbons (Fsp3) is 0.542. The highest BCUT2D eigenvalue weighted by Gasteiger charge is 2.47. The maximum absolute atomic E-state index is 13.4. The molecule has 1 aromatic heterocycles. The van der Waals surface area contributed by atoms with Gasteiger partial charge in [-0.15, -0.1) is 0 Å². The van der Waals surface area contributed by atoms with Crippen LogP contribution in [-0.2, 0) is 15.0 Å². The SMILES string of the molecule is CC(C)(C)OC(=O)N1CCCC1(C)c1ncc(-c2ccc(Br)cc2)n1C(=O)OC(C)(C)C. The van der Waals surface area contributed by atoms with Crippen molar-refractivity contribution in [2.24, 2.45) is 0 Å². The van der Waals surface area contributed by atoms with Gasteiger partial charge < -0.3 is 9.47 Å². The van der Waals surface area contributed by atoms with Crippen LogP contribution in [0.15, 0.2) is 34.9 Å². The van der Waals surface area contributed by atoms with Gasteiger partial charge in [-0.2, -0.15) is 0 Å². The number of rotatable bonds is 2. The first-order valence-corrected chi connectivity index (χ1v) is 11.6. The van der Waals surface area contributed by atoms with Gasteiger partial charge >= 0.3 is 12.2 Å². The summed E-state index contributed by atoms with van der Waals surface area (Å²) in [6.45, 7) is 13.4. The molecule has 1 unspecified atom stereocenters. The Hall–Kier alpha value is -2.35. The van der Waals surface area contributed by atoms with Crippen molar-refractivity contribution in [2.45, 2.75) is 78.0 Å². The number of hydrogen-bond acceptors (Lipinski definition) is 5. The van der Waals surface area contributed by atoms with E-state index in [2.05, 4.69) is 20.9 Å². The van der Waals surface area contributed by atoms with Gasteiger partial charge in [0.2, 0.25) is 0 Å². The van der Waals surface area contributed by atoms with Gasteiger partial charge in [-0.1, -0.05) is 28.1 Å². The van der Waals surface area contributed by atoms with Crippen LogP contribution in [0.5, 0.6) is 0 Å². The zero-order valence-electron chi connectivity index (χ0n) is 19.9. The maximum Gasteiger partial charge on any atom is 0.420 e. The molecular weight excluding hydrogens is 474 g/mol. The number of halogens is 1. The van der Waals surface area contributed by atoms with Crippen molar-refractivity contribution in [2.75, 3.05) is 6.54 Å². The van der Waals surface area contributed by atoms with Gasteiger partial charge in [-0.3, -0.25) is 4.90 Å². The Morgan fingerprint density at radius 1 is 1.00 bits per heavy atom. The van der Waals surface area contributed by atoms with Crippen molar-refractivity contribution < 1.29 is 19.1 Å². The molecule has 0 N–H and O–H groups in total. The Morgan fingerprint density at radius 3 is 2.12 bits per heavy atom. The Bertz CT molecular complexity index is 1000. The van der Waals surface area contributed by atoms with Crippen molar-refractivity contribution in [3.63, 3.8) is 0 Å². The molecule has 0 saturated carbocycles. The number of carbonyl (C=O) groups is 2. The van der Waals surface area contributed by atoms with Crippen LogP contribution in [0, 0.1) is 0 Å². The molecule has 0 radical (unpaired) electrons. The molecule has 1 aliphatic rings. The molecule has 1 amide bonds. The first kappa shape index (κ1) is 24.3. The van der Waals surface area contributed by atoms with Crippen molar-refractivity contribution >= 4 is 28.1 Å². The summed E-state index contributed by atoms with van der Waals surface area (Å²) in [5.41, 5.74) is -0.685. The lowest BCUT2D eigenvalue weighted by Gasteiger charge is -2.36. The molecule has 2 heterocycles. The molecule has 7 nitrogen and oxygen atoms in total. The number of hydrogen-bond donors (Lipinski definition) is 0. The standard InChI is InChI=1S/C24H32BrN3O4/c1-22(2,3)31-20(29)27-14-8-13-24(27,7)19-26-15-18(16-9-11-17(25)12-10-16)28(19)21(30)32-23(4,5)6/h9-12,15H,8,13-14H2,1-7H3. The summed E-state index contributed by atoms with van der Waals surface area (Å²) in [4.78, 5) is 32.7. The lowest BCUT2D eigenvalue weighted by atomic mass is 9.98. The lowest BCUT2D eigenvalue weighted by Crippen LogP contribution is -2.47. The maximum atomic E-state index is 13.4. The lowest BCUT2D eigenvalue weighted by molar-refractivity contribution is 0.00704. The monoisotopic (exact) mass is 505 g/mol. The van der Waals surface area contributed by atoms with Gasteiger partial charge in [-0.05, 0) is 73.4 Å². The molecular formula is C24H32BrN3O4. The van der Waals surface area contributed by atoms with Crippen molar-refractivity contribution in [1.82, 2.24) is 14.5 Å². The van der Waals surface area contributed by atoms with Crippen LogP contribution in [0.2, 0.25) is 0 Å². The van der Waals surface area contributed by atoms with Crippen molar-refractivity contribution in [1.29, 1.82) is 0 Å². The molecule has 174 valence electrons. The van der Waals surface area contributed by atoms with Crippen LogP contribution in [0.3, 0.4) is 0 Å². The van der Waals surface area contributed by atoms with E-state index in [0.29, 0.717) is 24.5 Å². The van der Waals surface area contributed by atoms with Crippen LogP contribution >= 0.6 is 15.9 Å². The summed E-state index contributed by atoms with van der Waals surface area (Å²) in [6.07, 6.45) is 2.16. The van der Waals surface area contributed by atoms with E-state index in [0.717, 1.165) is 16.5 Å². The largest absolute Gasteiger partial charge is 0.444 e. The minimum atomic E-state index is -0.813. The second-order valence-corrected chi connectivity index (χ2v) is 11.2.